The largest absolute Gasteiger partial charge is 0.340 e. The van der Waals surface area contributed by atoms with E-state index in [1.165, 1.54) is 0 Å². The summed E-state index contributed by atoms with van der Waals surface area (Å²) in [6.07, 6.45) is 2.25. The highest BCUT2D eigenvalue weighted by atomic mass is 16.1. The van der Waals surface area contributed by atoms with E-state index >= 15 is 0 Å². The summed E-state index contributed by atoms with van der Waals surface area (Å²) < 4.78 is 1.94. The molecule has 1 aliphatic carbocycles. The van der Waals surface area contributed by atoms with Crippen LogP contribution in [-0.2, 0) is 5.54 Å². The van der Waals surface area contributed by atoms with Gasteiger partial charge in [0.2, 0.25) is 5.78 Å². The minimum Gasteiger partial charge on any atom is -0.340 e. The quantitative estimate of drug-likeness (QED) is 0.726. The van der Waals surface area contributed by atoms with Crippen molar-refractivity contribution >= 4 is 16.8 Å². The van der Waals surface area contributed by atoms with Crippen LogP contribution in [0.3, 0.4) is 0 Å². The molecule has 2 aromatic heterocycles. The average Bonchev–Trinajstić information content (AvgIpc) is 3.19. The average molecular weight is 347 g/mol. The molecule has 0 aliphatic heterocycles. The van der Waals surface area contributed by atoms with Crippen molar-refractivity contribution in [3.63, 3.8) is 0 Å². The number of nitrogens with zero attached hydrogens (tertiary/aromatic N) is 4. The molecule has 1 aromatic carbocycles. The number of benzene rings is 1. The number of hydrogen-bond acceptors (Lipinski definition) is 4. The standard InChI is InChI=1S/C20H21N5O/c1-20(2,3)25-17(12-8-9-12)10-16(24-25)18(26)13(11-21)19-22-14-6-4-5-7-15(14)23-19/h4-7,10,12-13H,8-9H2,1-3H3,(H,22,23). The number of ketones is 1. The van der Waals surface area contributed by atoms with Gasteiger partial charge in [-0.05, 0) is 51.8 Å². The van der Waals surface area contributed by atoms with E-state index in [4.69, 9.17) is 0 Å². The van der Waals surface area contributed by atoms with E-state index in [1.807, 2.05) is 35.0 Å². The van der Waals surface area contributed by atoms with Gasteiger partial charge in [-0.3, -0.25) is 9.48 Å². The minimum absolute atomic E-state index is 0.210. The molecule has 4 rings (SSSR count). The third-order valence-corrected chi connectivity index (χ3v) is 4.69. The van der Waals surface area contributed by atoms with Gasteiger partial charge < -0.3 is 4.98 Å². The maximum absolute atomic E-state index is 13.0. The summed E-state index contributed by atoms with van der Waals surface area (Å²) >= 11 is 0. The van der Waals surface area contributed by atoms with Gasteiger partial charge in [0.25, 0.3) is 0 Å². The Labute approximate surface area is 151 Å². The molecule has 0 amide bonds. The zero-order valence-electron chi connectivity index (χ0n) is 15.2. The highest BCUT2D eigenvalue weighted by Gasteiger charge is 2.34. The van der Waals surface area contributed by atoms with Gasteiger partial charge in [-0.25, -0.2) is 4.98 Å². The number of aromatic nitrogens is 4. The van der Waals surface area contributed by atoms with Gasteiger partial charge in [-0.1, -0.05) is 12.1 Å². The molecule has 1 atom stereocenters. The summed E-state index contributed by atoms with van der Waals surface area (Å²) in [5.74, 6) is -0.457. The number of fused-ring (bicyclic) bond motifs is 1. The van der Waals surface area contributed by atoms with Crippen LogP contribution in [0.25, 0.3) is 11.0 Å². The summed E-state index contributed by atoms with van der Waals surface area (Å²) in [6.45, 7) is 6.21. The van der Waals surface area contributed by atoms with Crippen molar-refractivity contribution in [2.45, 2.75) is 51.0 Å². The lowest BCUT2D eigenvalue weighted by Gasteiger charge is -2.22. The first-order valence-electron chi connectivity index (χ1n) is 8.87. The maximum atomic E-state index is 13.0. The third kappa shape index (κ3) is 2.80. The highest BCUT2D eigenvalue weighted by Crippen LogP contribution is 2.42. The summed E-state index contributed by atoms with van der Waals surface area (Å²) in [6, 6.07) is 11.5. The van der Waals surface area contributed by atoms with Gasteiger partial charge in [-0.2, -0.15) is 10.4 Å². The molecular weight excluding hydrogens is 326 g/mol. The molecule has 1 N–H and O–H groups in total. The van der Waals surface area contributed by atoms with Gasteiger partial charge in [0.15, 0.2) is 5.92 Å². The van der Waals surface area contributed by atoms with Crippen LogP contribution < -0.4 is 0 Å². The molecule has 0 radical (unpaired) electrons. The van der Waals surface area contributed by atoms with Crippen molar-refractivity contribution in [3.8, 4) is 6.07 Å². The fraction of sp³-hybridized carbons (Fsp3) is 0.400. The fourth-order valence-corrected chi connectivity index (χ4v) is 3.22. The Morgan fingerprint density at radius 1 is 1.35 bits per heavy atom. The number of Topliss-reactive ketones (excluding diaryl/α,β-unsaturated/α-hetero) is 1. The second-order valence-corrected chi connectivity index (χ2v) is 7.88. The van der Waals surface area contributed by atoms with Crippen molar-refractivity contribution < 1.29 is 4.79 Å². The summed E-state index contributed by atoms with van der Waals surface area (Å²) in [5, 5.41) is 14.2. The first-order valence-corrected chi connectivity index (χ1v) is 8.87. The van der Waals surface area contributed by atoms with E-state index in [1.54, 1.807) is 0 Å². The number of para-hydroxylation sites is 2. The predicted molar refractivity (Wildman–Crippen MR) is 98.0 cm³/mol. The topological polar surface area (TPSA) is 87.4 Å². The first-order chi connectivity index (χ1) is 12.4. The molecule has 132 valence electrons. The van der Waals surface area contributed by atoms with Crippen LogP contribution in [0, 0.1) is 11.3 Å². The van der Waals surface area contributed by atoms with Gasteiger partial charge >= 0.3 is 0 Å². The molecule has 1 unspecified atom stereocenters. The molecule has 1 saturated carbocycles. The van der Waals surface area contributed by atoms with Gasteiger partial charge in [0, 0.05) is 11.6 Å². The lowest BCUT2D eigenvalue weighted by atomic mass is 10.0. The number of nitriles is 1. The zero-order chi connectivity index (χ0) is 18.5. The van der Waals surface area contributed by atoms with Gasteiger partial charge in [-0.15, -0.1) is 0 Å². The Morgan fingerprint density at radius 3 is 2.69 bits per heavy atom. The minimum atomic E-state index is -0.988. The molecule has 0 bridgehead atoms. The highest BCUT2D eigenvalue weighted by molar-refractivity contribution is 6.01. The van der Waals surface area contributed by atoms with Crippen LogP contribution in [-0.4, -0.2) is 25.5 Å². The van der Waals surface area contributed by atoms with Crippen molar-refractivity contribution in [2.24, 2.45) is 0 Å². The van der Waals surface area contributed by atoms with E-state index in [0.29, 0.717) is 17.4 Å². The van der Waals surface area contributed by atoms with Crippen LogP contribution in [0.4, 0.5) is 0 Å². The number of imidazole rings is 1. The monoisotopic (exact) mass is 347 g/mol. The van der Waals surface area contributed by atoms with E-state index in [0.717, 1.165) is 29.6 Å². The molecule has 2 heterocycles. The fourth-order valence-electron chi connectivity index (χ4n) is 3.22. The van der Waals surface area contributed by atoms with Gasteiger partial charge in [0.1, 0.15) is 11.5 Å². The van der Waals surface area contributed by atoms with E-state index in [-0.39, 0.29) is 11.3 Å². The number of aromatic amines is 1. The summed E-state index contributed by atoms with van der Waals surface area (Å²) in [5.41, 5.74) is 2.78. The van der Waals surface area contributed by atoms with E-state index in [2.05, 4.69) is 41.9 Å². The zero-order valence-corrected chi connectivity index (χ0v) is 15.2. The van der Waals surface area contributed by atoms with Crippen molar-refractivity contribution in [3.05, 3.63) is 47.5 Å². The summed E-state index contributed by atoms with van der Waals surface area (Å²) in [7, 11) is 0. The predicted octanol–water partition coefficient (Wildman–Crippen LogP) is 3.88. The van der Waals surface area contributed by atoms with Crippen LogP contribution in [0.5, 0.6) is 0 Å². The SMILES string of the molecule is CC(C)(C)n1nc(C(=O)C(C#N)c2nc3ccccc3[nH]2)cc1C1CC1. The molecule has 0 spiro atoms. The van der Waals surface area contributed by atoms with Crippen molar-refractivity contribution in [2.75, 3.05) is 0 Å². The molecule has 1 fully saturated rings. The van der Waals surface area contributed by atoms with E-state index in [9.17, 15) is 10.1 Å². The molecule has 6 nitrogen and oxygen atoms in total. The number of carbonyl (C=O) groups is 1. The number of hydrogen-bond donors (Lipinski definition) is 1. The van der Waals surface area contributed by atoms with Crippen LogP contribution in [0.1, 0.15) is 67.5 Å². The second-order valence-electron chi connectivity index (χ2n) is 7.88. The Balaban J connectivity index is 1.72. The van der Waals surface area contributed by atoms with E-state index < -0.39 is 5.92 Å². The van der Waals surface area contributed by atoms with Crippen LogP contribution in [0.15, 0.2) is 30.3 Å². The second kappa shape index (κ2) is 5.80. The first kappa shape index (κ1) is 16.5. The molecule has 26 heavy (non-hydrogen) atoms. The number of nitrogens with one attached hydrogen (secondary N) is 1. The van der Waals surface area contributed by atoms with Crippen LogP contribution in [0.2, 0.25) is 0 Å². The smallest absolute Gasteiger partial charge is 0.207 e. The molecule has 6 heteroatoms. The number of rotatable bonds is 4. The Kier molecular flexibility index (Phi) is 3.69. The Morgan fingerprint density at radius 2 is 2.08 bits per heavy atom. The third-order valence-electron chi connectivity index (χ3n) is 4.69. The molecular formula is C20H21N5O. The Bertz CT molecular complexity index is 994. The lowest BCUT2D eigenvalue weighted by molar-refractivity contribution is 0.0970. The Hall–Kier alpha value is -2.94. The molecule has 3 aromatic rings. The number of carbonyl (C=O) groups excluding carboxylic acids is 1. The van der Waals surface area contributed by atoms with Crippen LogP contribution >= 0.6 is 0 Å². The van der Waals surface area contributed by atoms with Gasteiger partial charge in [0.05, 0.1) is 22.6 Å². The lowest BCUT2D eigenvalue weighted by Crippen LogP contribution is -2.25. The van der Waals surface area contributed by atoms with Crippen molar-refractivity contribution in [1.29, 1.82) is 5.26 Å². The van der Waals surface area contributed by atoms with Crippen molar-refractivity contribution in [1.82, 2.24) is 19.7 Å². The molecule has 1 aliphatic rings. The normalized spacial score (nSPS) is 15.8. The molecule has 0 saturated heterocycles. The number of H-pyrrole nitrogens is 1. The summed E-state index contributed by atoms with van der Waals surface area (Å²) in [4.78, 5) is 20.5. The maximum Gasteiger partial charge on any atom is 0.207 e.